The van der Waals surface area contributed by atoms with Crippen molar-refractivity contribution in [2.24, 2.45) is 0 Å². The number of fused-ring (bicyclic) bond motifs is 1. The van der Waals surface area contributed by atoms with Crippen molar-refractivity contribution in [1.29, 1.82) is 0 Å². The minimum absolute atomic E-state index is 0.196. The van der Waals surface area contributed by atoms with Crippen LogP contribution in [-0.2, 0) is 4.74 Å². The van der Waals surface area contributed by atoms with E-state index >= 15 is 0 Å². The van der Waals surface area contributed by atoms with Crippen molar-refractivity contribution < 1.29 is 14.3 Å². The molecule has 1 fully saturated rings. The van der Waals surface area contributed by atoms with E-state index in [1.54, 1.807) is 24.3 Å². The van der Waals surface area contributed by atoms with Crippen LogP contribution in [0.4, 0.5) is 5.69 Å². The highest BCUT2D eigenvalue weighted by atomic mass is 32.1. The fraction of sp³-hybridized carbons (Fsp3) is 0.182. The third kappa shape index (κ3) is 4.30. The van der Waals surface area contributed by atoms with Crippen molar-refractivity contribution in [3.05, 3.63) is 72.3 Å². The molecule has 0 bridgehead atoms. The summed E-state index contributed by atoms with van der Waals surface area (Å²) >= 11 is 5.36. The first-order valence-corrected chi connectivity index (χ1v) is 9.54. The first-order valence-electron chi connectivity index (χ1n) is 9.14. The molecule has 4 rings (SSSR count). The molecule has 5 nitrogen and oxygen atoms in total. The topological polar surface area (TPSA) is 50.8 Å². The average Bonchev–Trinajstić information content (AvgIpc) is 2.74. The molecule has 1 amide bonds. The molecule has 3 aromatic rings. The molecule has 1 saturated heterocycles. The van der Waals surface area contributed by atoms with Gasteiger partial charge in [0.2, 0.25) is 0 Å². The summed E-state index contributed by atoms with van der Waals surface area (Å²) in [6.45, 7) is 2.69. The lowest BCUT2D eigenvalue weighted by atomic mass is 10.1. The number of hydrogen-bond acceptors (Lipinski definition) is 4. The van der Waals surface area contributed by atoms with E-state index in [0.29, 0.717) is 42.8 Å². The van der Waals surface area contributed by atoms with Gasteiger partial charge in [0.15, 0.2) is 0 Å². The maximum atomic E-state index is 12.7. The van der Waals surface area contributed by atoms with Crippen molar-refractivity contribution in [1.82, 2.24) is 4.90 Å². The van der Waals surface area contributed by atoms with Gasteiger partial charge in [-0.15, -0.1) is 0 Å². The van der Waals surface area contributed by atoms with E-state index in [1.807, 2.05) is 47.4 Å². The second-order valence-electron chi connectivity index (χ2n) is 6.51. The number of carbonyl (C=O) groups is 1. The highest BCUT2D eigenvalue weighted by Crippen LogP contribution is 2.21. The van der Waals surface area contributed by atoms with E-state index in [1.165, 1.54) is 0 Å². The smallest absolute Gasteiger partial charge is 0.264 e. The molecule has 1 N–H and O–H groups in total. The highest BCUT2D eigenvalue weighted by molar-refractivity contribution is 7.80. The van der Waals surface area contributed by atoms with Gasteiger partial charge in [-0.3, -0.25) is 4.79 Å². The van der Waals surface area contributed by atoms with E-state index in [4.69, 9.17) is 21.7 Å². The summed E-state index contributed by atoms with van der Waals surface area (Å²) in [5.74, 6) is 0.348. The standard InChI is InChI=1S/C22H20N2O3S/c25-21(23-19-9-8-16-4-1-2-5-17(16)14-19)18-6-3-7-20(15-18)27-22(28)24-10-12-26-13-11-24/h1-9,14-15H,10-13H2,(H,23,25). The Bertz CT molecular complexity index is 1020. The number of thiocarbonyl (C=S) groups is 1. The third-order valence-electron chi connectivity index (χ3n) is 4.58. The number of ether oxygens (including phenoxy) is 2. The average molecular weight is 392 g/mol. The van der Waals surface area contributed by atoms with Crippen LogP contribution in [-0.4, -0.2) is 42.3 Å². The van der Waals surface area contributed by atoms with Crippen molar-refractivity contribution in [2.75, 3.05) is 31.6 Å². The van der Waals surface area contributed by atoms with Crippen LogP contribution in [0.1, 0.15) is 10.4 Å². The molecule has 3 aromatic carbocycles. The van der Waals surface area contributed by atoms with Crippen molar-refractivity contribution in [3.63, 3.8) is 0 Å². The SMILES string of the molecule is O=C(Nc1ccc2ccccc2c1)c1cccc(OC(=S)N2CCOCC2)c1. The van der Waals surface area contributed by atoms with Gasteiger partial charge in [-0.05, 0) is 53.3 Å². The van der Waals surface area contributed by atoms with E-state index in [-0.39, 0.29) is 5.91 Å². The number of benzene rings is 3. The molecule has 0 saturated carbocycles. The van der Waals surface area contributed by atoms with Gasteiger partial charge in [-0.25, -0.2) is 0 Å². The fourth-order valence-electron chi connectivity index (χ4n) is 3.08. The molecule has 0 unspecified atom stereocenters. The number of carbonyl (C=O) groups excluding carboxylic acids is 1. The Morgan fingerprint density at radius 1 is 0.964 bits per heavy atom. The maximum absolute atomic E-state index is 12.7. The van der Waals surface area contributed by atoms with Crippen LogP contribution >= 0.6 is 12.2 Å². The number of anilines is 1. The Morgan fingerprint density at radius 2 is 1.75 bits per heavy atom. The minimum Gasteiger partial charge on any atom is -0.432 e. The van der Waals surface area contributed by atoms with Crippen LogP contribution in [0.3, 0.4) is 0 Å². The molecule has 0 aromatic heterocycles. The molecule has 0 spiro atoms. The monoisotopic (exact) mass is 392 g/mol. The predicted molar refractivity (Wildman–Crippen MR) is 114 cm³/mol. The number of nitrogens with zero attached hydrogens (tertiary/aromatic N) is 1. The van der Waals surface area contributed by atoms with Gasteiger partial charge in [0.05, 0.1) is 13.2 Å². The lowest BCUT2D eigenvalue weighted by Gasteiger charge is -2.28. The van der Waals surface area contributed by atoms with Crippen molar-refractivity contribution in [3.8, 4) is 5.75 Å². The second-order valence-corrected chi connectivity index (χ2v) is 6.86. The molecule has 0 atom stereocenters. The molecule has 6 heteroatoms. The van der Waals surface area contributed by atoms with Crippen molar-refractivity contribution in [2.45, 2.75) is 0 Å². The molecular formula is C22H20N2O3S. The first-order chi connectivity index (χ1) is 13.7. The van der Waals surface area contributed by atoms with Crippen LogP contribution in [0, 0.1) is 0 Å². The highest BCUT2D eigenvalue weighted by Gasteiger charge is 2.16. The van der Waals surface area contributed by atoms with Gasteiger partial charge < -0.3 is 19.7 Å². The number of morpholine rings is 1. The summed E-state index contributed by atoms with van der Waals surface area (Å²) in [6, 6.07) is 20.9. The number of rotatable bonds is 3. The van der Waals surface area contributed by atoms with Crippen LogP contribution in [0.5, 0.6) is 5.75 Å². The number of hydrogen-bond donors (Lipinski definition) is 1. The Hall–Kier alpha value is -2.96. The second kappa shape index (κ2) is 8.37. The van der Waals surface area contributed by atoms with E-state index in [2.05, 4.69) is 5.32 Å². The lowest BCUT2D eigenvalue weighted by Crippen LogP contribution is -2.42. The van der Waals surface area contributed by atoms with Crippen LogP contribution < -0.4 is 10.1 Å². The van der Waals surface area contributed by atoms with Crippen LogP contribution in [0.2, 0.25) is 0 Å². The zero-order valence-electron chi connectivity index (χ0n) is 15.3. The molecule has 142 valence electrons. The van der Waals surface area contributed by atoms with Gasteiger partial charge in [0, 0.05) is 24.3 Å². The lowest BCUT2D eigenvalue weighted by molar-refractivity contribution is 0.0631. The Morgan fingerprint density at radius 3 is 2.57 bits per heavy atom. The molecule has 28 heavy (non-hydrogen) atoms. The van der Waals surface area contributed by atoms with Gasteiger partial charge in [-0.2, -0.15) is 0 Å². The maximum Gasteiger partial charge on any atom is 0.264 e. The predicted octanol–water partition coefficient (Wildman–Crippen LogP) is 4.09. The summed E-state index contributed by atoms with van der Waals surface area (Å²) < 4.78 is 11.1. The third-order valence-corrected chi connectivity index (χ3v) is 4.92. The number of nitrogens with one attached hydrogen (secondary N) is 1. The van der Waals surface area contributed by atoms with Gasteiger partial charge in [0.1, 0.15) is 5.75 Å². The first kappa shape index (κ1) is 18.4. The quantitative estimate of drug-likeness (QED) is 0.681. The normalized spacial score (nSPS) is 13.9. The molecule has 1 aliphatic rings. The Kier molecular flexibility index (Phi) is 5.50. The summed E-state index contributed by atoms with van der Waals surface area (Å²) in [5, 5.41) is 5.55. The minimum atomic E-state index is -0.196. The zero-order valence-corrected chi connectivity index (χ0v) is 16.1. The largest absolute Gasteiger partial charge is 0.432 e. The van der Waals surface area contributed by atoms with Gasteiger partial charge in [-0.1, -0.05) is 36.4 Å². The molecule has 1 aliphatic heterocycles. The fourth-order valence-corrected chi connectivity index (χ4v) is 3.36. The summed E-state index contributed by atoms with van der Waals surface area (Å²) in [7, 11) is 0. The van der Waals surface area contributed by atoms with E-state index in [0.717, 1.165) is 16.5 Å². The van der Waals surface area contributed by atoms with E-state index < -0.39 is 0 Å². The van der Waals surface area contributed by atoms with Crippen LogP contribution in [0.15, 0.2) is 66.7 Å². The summed E-state index contributed by atoms with van der Waals surface area (Å²) in [6.07, 6.45) is 0. The Labute approximate surface area is 168 Å². The van der Waals surface area contributed by atoms with Gasteiger partial charge in [0.25, 0.3) is 11.1 Å². The molecule has 1 heterocycles. The van der Waals surface area contributed by atoms with E-state index in [9.17, 15) is 4.79 Å². The molecule has 0 aliphatic carbocycles. The zero-order chi connectivity index (χ0) is 19.3. The molecular weight excluding hydrogens is 372 g/mol. The summed E-state index contributed by atoms with van der Waals surface area (Å²) in [4.78, 5) is 14.6. The van der Waals surface area contributed by atoms with Crippen LogP contribution in [0.25, 0.3) is 10.8 Å². The number of amides is 1. The summed E-state index contributed by atoms with van der Waals surface area (Å²) in [5.41, 5.74) is 1.26. The van der Waals surface area contributed by atoms with Crippen molar-refractivity contribution >= 4 is 39.8 Å². The molecule has 0 radical (unpaired) electrons. The Balaban J connectivity index is 1.45. The van der Waals surface area contributed by atoms with Gasteiger partial charge >= 0.3 is 0 Å².